The molecule has 4 heterocycles. The van der Waals surface area contributed by atoms with Crippen LogP contribution in [0.1, 0.15) is 29.2 Å². The Bertz CT molecular complexity index is 1250. The van der Waals surface area contributed by atoms with Crippen molar-refractivity contribution >= 4 is 40.5 Å². The van der Waals surface area contributed by atoms with Crippen LogP contribution in [0.5, 0.6) is 0 Å². The molecule has 2 unspecified atom stereocenters. The molecule has 0 aliphatic carbocycles. The molecule has 2 atom stereocenters. The first kappa shape index (κ1) is 20.9. The zero-order valence-electron chi connectivity index (χ0n) is 16.8. The highest BCUT2D eigenvalue weighted by molar-refractivity contribution is 7.80. The lowest BCUT2D eigenvalue weighted by atomic mass is 10.0. The first-order valence-electron chi connectivity index (χ1n) is 10.0. The van der Waals surface area contributed by atoms with E-state index in [1.807, 2.05) is 54.6 Å². The van der Waals surface area contributed by atoms with Crippen molar-refractivity contribution in [2.75, 3.05) is 0 Å². The van der Waals surface area contributed by atoms with E-state index in [9.17, 15) is 0 Å². The second kappa shape index (κ2) is 8.90. The number of hydrogen-bond donors (Lipinski definition) is 1. The number of thiocarbonyl (C=S) groups is 1. The van der Waals surface area contributed by atoms with Crippen LogP contribution in [0.15, 0.2) is 83.5 Å². The maximum Gasteiger partial charge on any atom is 0.170 e. The van der Waals surface area contributed by atoms with E-state index in [0.29, 0.717) is 27.5 Å². The van der Waals surface area contributed by atoms with Crippen molar-refractivity contribution in [3.63, 3.8) is 0 Å². The molecule has 1 aliphatic heterocycles. The summed E-state index contributed by atoms with van der Waals surface area (Å²) in [6, 6.07) is 20.7. The van der Waals surface area contributed by atoms with E-state index in [4.69, 9.17) is 39.8 Å². The second-order valence-corrected chi connectivity index (χ2v) is 8.61. The average molecular weight is 481 g/mol. The highest BCUT2D eigenvalue weighted by Crippen LogP contribution is 2.41. The van der Waals surface area contributed by atoms with Crippen molar-refractivity contribution in [3.8, 4) is 11.3 Å². The molecule has 0 bridgehead atoms. The minimum atomic E-state index is -0.198. The zero-order chi connectivity index (χ0) is 22.1. The average Bonchev–Trinajstić information content (AvgIpc) is 3.42. The third kappa shape index (κ3) is 4.09. The molecule has 5 nitrogen and oxygen atoms in total. The Hall–Kier alpha value is -2.93. The van der Waals surface area contributed by atoms with Gasteiger partial charge in [-0.25, -0.2) is 0 Å². The molecule has 8 heteroatoms. The fraction of sp³-hybridized carbons (Fsp3) is 0.125. The third-order valence-corrected chi connectivity index (χ3v) is 6.47. The maximum absolute atomic E-state index is 6.33. The fourth-order valence-corrected chi connectivity index (χ4v) is 4.47. The van der Waals surface area contributed by atoms with E-state index in [1.54, 1.807) is 24.5 Å². The van der Waals surface area contributed by atoms with Crippen LogP contribution in [0.2, 0.25) is 10.0 Å². The molecule has 1 fully saturated rings. The second-order valence-electron chi connectivity index (χ2n) is 7.41. The number of benzene rings is 1. The van der Waals surface area contributed by atoms with E-state index in [1.165, 1.54) is 0 Å². The summed E-state index contributed by atoms with van der Waals surface area (Å²) in [6.45, 7) is 0.545. The largest absolute Gasteiger partial charge is 0.459 e. The number of rotatable bonds is 5. The molecule has 160 valence electrons. The Labute approximate surface area is 201 Å². The van der Waals surface area contributed by atoms with Crippen molar-refractivity contribution < 1.29 is 4.42 Å². The number of hydrogen-bond acceptors (Lipinski definition) is 4. The summed E-state index contributed by atoms with van der Waals surface area (Å²) in [7, 11) is 0. The van der Waals surface area contributed by atoms with Crippen LogP contribution in [-0.4, -0.2) is 20.0 Å². The number of nitrogens with zero attached hydrogens (tertiary/aromatic N) is 3. The topological polar surface area (TPSA) is 54.2 Å². The number of pyridine rings is 2. The van der Waals surface area contributed by atoms with Gasteiger partial charge in [0.1, 0.15) is 17.6 Å². The molecule has 0 spiro atoms. The van der Waals surface area contributed by atoms with Gasteiger partial charge in [-0.05, 0) is 66.8 Å². The van der Waals surface area contributed by atoms with Crippen molar-refractivity contribution in [1.82, 2.24) is 20.2 Å². The molecule has 0 saturated carbocycles. The lowest BCUT2D eigenvalue weighted by Gasteiger charge is -2.25. The van der Waals surface area contributed by atoms with Crippen molar-refractivity contribution in [2.24, 2.45) is 0 Å². The molecular formula is C24H18Cl2N4OS. The van der Waals surface area contributed by atoms with Gasteiger partial charge >= 0.3 is 0 Å². The number of halogens is 2. The van der Waals surface area contributed by atoms with Gasteiger partial charge in [0.15, 0.2) is 5.11 Å². The summed E-state index contributed by atoms with van der Waals surface area (Å²) in [5.41, 5.74) is 2.65. The summed E-state index contributed by atoms with van der Waals surface area (Å²) in [6.07, 6.45) is 3.56. The summed E-state index contributed by atoms with van der Waals surface area (Å²) >= 11 is 18.0. The summed E-state index contributed by atoms with van der Waals surface area (Å²) < 4.78 is 6.33. The smallest absolute Gasteiger partial charge is 0.170 e. The van der Waals surface area contributed by atoms with E-state index >= 15 is 0 Å². The van der Waals surface area contributed by atoms with Crippen LogP contribution in [0.4, 0.5) is 0 Å². The van der Waals surface area contributed by atoms with E-state index in [0.717, 1.165) is 22.7 Å². The minimum Gasteiger partial charge on any atom is -0.459 e. The van der Waals surface area contributed by atoms with E-state index < -0.39 is 0 Å². The van der Waals surface area contributed by atoms with Crippen LogP contribution in [-0.2, 0) is 6.54 Å². The van der Waals surface area contributed by atoms with Crippen LogP contribution < -0.4 is 5.32 Å². The molecule has 32 heavy (non-hydrogen) atoms. The van der Waals surface area contributed by atoms with Gasteiger partial charge < -0.3 is 14.6 Å². The molecule has 5 rings (SSSR count). The van der Waals surface area contributed by atoms with Crippen LogP contribution >= 0.6 is 35.4 Å². The summed E-state index contributed by atoms with van der Waals surface area (Å²) in [5.74, 6) is 1.47. The molecular weight excluding hydrogens is 463 g/mol. The van der Waals surface area contributed by atoms with Gasteiger partial charge in [-0.1, -0.05) is 35.3 Å². The van der Waals surface area contributed by atoms with E-state index in [-0.39, 0.29) is 12.1 Å². The molecule has 1 aliphatic rings. The molecule has 0 radical (unpaired) electrons. The zero-order valence-corrected chi connectivity index (χ0v) is 19.1. The summed E-state index contributed by atoms with van der Waals surface area (Å²) in [4.78, 5) is 11.1. The Morgan fingerprint density at radius 1 is 0.938 bits per heavy atom. The molecule has 1 N–H and O–H groups in total. The fourth-order valence-electron chi connectivity index (χ4n) is 3.87. The van der Waals surface area contributed by atoms with Gasteiger partial charge in [-0.15, -0.1) is 0 Å². The van der Waals surface area contributed by atoms with Gasteiger partial charge in [0.25, 0.3) is 0 Å². The quantitative estimate of drug-likeness (QED) is 0.342. The highest BCUT2D eigenvalue weighted by atomic mass is 35.5. The number of furan rings is 1. The monoisotopic (exact) mass is 480 g/mol. The SMILES string of the molecule is S=C1NC(c2ccccn2)C(c2ccc(-c3ccc(Cl)c(Cl)c3)o2)N1Cc1ccccn1. The molecule has 1 saturated heterocycles. The number of aromatic nitrogens is 2. The van der Waals surface area contributed by atoms with Crippen LogP contribution in [0.25, 0.3) is 11.3 Å². The molecule has 1 aromatic carbocycles. The Morgan fingerprint density at radius 2 is 1.75 bits per heavy atom. The Kier molecular flexibility index (Phi) is 5.83. The van der Waals surface area contributed by atoms with Gasteiger partial charge in [0.2, 0.25) is 0 Å². The number of nitrogens with one attached hydrogen (secondary N) is 1. The van der Waals surface area contributed by atoms with E-state index in [2.05, 4.69) is 20.2 Å². The first-order chi connectivity index (χ1) is 15.6. The van der Waals surface area contributed by atoms with Gasteiger partial charge in [0, 0.05) is 18.0 Å². The molecule has 0 amide bonds. The lowest BCUT2D eigenvalue weighted by Crippen LogP contribution is -2.29. The van der Waals surface area contributed by atoms with Crippen molar-refractivity contribution in [3.05, 3.63) is 106 Å². The standard InChI is InChI=1S/C24H18Cl2N4OS/c25-17-8-7-15(13-18(17)26)20-9-10-21(31-20)23-22(19-6-2-4-12-28-19)29-24(32)30(23)14-16-5-1-3-11-27-16/h1-13,22-23H,14H2,(H,29,32). The van der Waals surface area contributed by atoms with Gasteiger partial charge in [0.05, 0.1) is 34.0 Å². The molecule has 4 aromatic rings. The summed E-state index contributed by atoms with van der Waals surface area (Å²) in [5, 5.41) is 5.04. The van der Waals surface area contributed by atoms with Crippen LogP contribution in [0.3, 0.4) is 0 Å². The lowest BCUT2D eigenvalue weighted by molar-refractivity contribution is 0.267. The molecule has 3 aromatic heterocycles. The Morgan fingerprint density at radius 3 is 2.47 bits per heavy atom. The Balaban J connectivity index is 1.54. The predicted octanol–water partition coefficient (Wildman–Crippen LogP) is 6.22. The maximum atomic E-state index is 6.33. The van der Waals surface area contributed by atoms with Gasteiger partial charge in [-0.2, -0.15) is 0 Å². The normalized spacial score (nSPS) is 18.1. The third-order valence-electron chi connectivity index (χ3n) is 5.38. The van der Waals surface area contributed by atoms with Crippen molar-refractivity contribution in [2.45, 2.75) is 18.6 Å². The predicted molar refractivity (Wildman–Crippen MR) is 129 cm³/mol. The van der Waals surface area contributed by atoms with Crippen LogP contribution in [0, 0.1) is 0 Å². The minimum absolute atomic E-state index is 0.166. The first-order valence-corrected chi connectivity index (χ1v) is 11.2. The van der Waals surface area contributed by atoms with Crippen molar-refractivity contribution in [1.29, 1.82) is 0 Å². The van der Waals surface area contributed by atoms with Gasteiger partial charge in [-0.3, -0.25) is 9.97 Å². The highest BCUT2D eigenvalue weighted by Gasteiger charge is 2.41.